The van der Waals surface area contributed by atoms with Crippen molar-refractivity contribution in [2.24, 2.45) is 0 Å². The summed E-state index contributed by atoms with van der Waals surface area (Å²) in [6, 6.07) is 22.3. The molecule has 1 aliphatic heterocycles. The Bertz CT molecular complexity index is 2220. The molecule has 5 aromatic rings. The number of thiophene rings is 1. The number of hydrogen-bond donors (Lipinski definition) is 0. The van der Waals surface area contributed by atoms with Crippen molar-refractivity contribution < 1.29 is 30.5 Å². The van der Waals surface area contributed by atoms with Crippen LogP contribution in [0.2, 0.25) is 5.02 Å². The van der Waals surface area contributed by atoms with E-state index in [9.17, 15) is 25.9 Å². The van der Waals surface area contributed by atoms with Gasteiger partial charge in [0.05, 0.1) is 31.0 Å². The molecule has 1 aliphatic rings. The molecule has 3 heterocycles. The summed E-state index contributed by atoms with van der Waals surface area (Å²) in [5.41, 5.74) is 3.87. The van der Waals surface area contributed by atoms with E-state index in [4.69, 9.17) is 11.6 Å². The number of thioether (sulfide) groups is 1. The topological polar surface area (TPSA) is 122 Å². The van der Waals surface area contributed by atoms with Crippen LogP contribution in [0.25, 0.3) is 36.8 Å². The van der Waals surface area contributed by atoms with Crippen LogP contribution in [0.5, 0.6) is 0 Å². The Balaban J connectivity index is 1.39. The first-order valence-electron chi connectivity index (χ1n) is 14.9. The number of benzene rings is 3. The Morgan fingerprint density at radius 3 is 2.43 bits per heavy atom. The second-order valence-electron chi connectivity index (χ2n) is 11.1. The molecule has 0 unspecified atom stereocenters. The van der Waals surface area contributed by atoms with Crippen molar-refractivity contribution in [1.29, 1.82) is 0 Å². The summed E-state index contributed by atoms with van der Waals surface area (Å²) >= 11 is 11.2. The fraction of sp³-hybridized carbons (Fsp3) is 0.242. The molecule has 246 valence electrons. The molecule has 0 spiro atoms. The maximum absolute atomic E-state index is 11.5. The highest BCUT2D eigenvalue weighted by Crippen LogP contribution is 2.47. The summed E-state index contributed by atoms with van der Waals surface area (Å²) in [7, 11) is -8.71. The van der Waals surface area contributed by atoms with Crippen molar-refractivity contribution >= 4 is 98.3 Å². The van der Waals surface area contributed by atoms with Gasteiger partial charge in [0.25, 0.3) is 5.01 Å². The number of anilines is 1. The Morgan fingerprint density at radius 1 is 0.915 bits per heavy atom. The second-order valence-corrected chi connectivity index (χ2v) is 17.8. The van der Waals surface area contributed by atoms with Gasteiger partial charge in [-0.2, -0.15) is 4.57 Å². The van der Waals surface area contributed by atoms with Crippen LogP contribution in [0.1, 0.15) is 31.2 Å². The molecular formula is C33H30ClN2O6S5-. The predicted octanol–water partition coefficient (Wildman–Crippen LogP) is 7.84. The number of hydrogen-bond acceptors (Lipinski definition) is 10. The van der Waals surface area contributed by atoms with Gasteiger partial charge in [0, 0.05) is 56.1 Å². The molecule has 3 aromatic carbocycles. The average Bonchev–Trinajstić information content (AvgIpc) is 3.69. The van der Waals surface area contributed by atoms with E-state index < -0.39 is 31.7 Å². The quantitative estimate of drug-likeness (QED) is 0.0936. The van der Waals surface area contributed by atoms with Crippen molar-refractivity contribution in [2.75, 3.05) is 23.0 Å². The lowest BCUT2D eigenvalue weighted by molar-refractivity contribution is -0.668. The molecule has 6 rings (SSSR count). The lowest BCUT2D eigenvalue weighted by Crippen LogP contribution is -2.36. The number of aryl methyl sites for hydroxylation is 1. The molecule has 0 atom stereocenters. The molecule has 0 bridgehead atoms. The highest BCUT2D eigenvalue weighted by atomic mass is 35.5. The van der Waals surface area contributed by atoms with Gasteiger partial charge < -0.3 is 14.0 Å². The molecule has 0 fully saturated rings. The summed E-state index contributed by atoms with van der Waals surface area (Å²) in [5.74, 6) is -0.912. The third-order valence-electron chi connectivity index (χ3n) is 7.71. The van der Waals surface area contributed by atoms with Gasteiger partial charge in [-0.05, 0) is 71.8 Å². The normalized spacial score (nSPS) is 14.9. The van der Waals surface area contributed by atoms with Crippen LogP contribution in [-0.2, 0) is 26.8 Å². The number of nitrogens with zero attached hydrogens (tertiary/aromatic N) is 2. The van der Waals surface area contributed by atoms with E-state index in [-0.39, 0.29) is 12.8 Å². The molecule has 14 heteroatoms. The fourth-order valence-electron chi connectivity index (χ4n) is 5.49. The van der Waals surface area contributed by atoms with E-state index in [1.54, 1.807) is 34.4 Å². The summed E-state index contributed by atoms with van der Waals surface area (Å²) in [6.45, 7) is 2.73. The van der Waals surface area contributed by atoms with Crippen LogP contribution < -0.4 is 9.47 Å². The van der Waals surface area contributed by atoms with Gasteiger partial charge in [0.1, 0.15) is 4.70 Å². The Morgan fingerprint density at radius 2 is 1.68 bits per heavy atom. The van der Waals surface area contributed by atoms with E-state index in [2.05, 4.69) is 53.1 Å². The van der Waals surface area contributed by atoms with Crippen molar-refractivity contribution in [3.63, 3.8) is 0 Å². The van der Waals surface area contributed by atoms with Gasteiger partial charge in [-0.1, -0.05) is 65.9 Å². The molecule has 47 heavy (non-hydrogen) atoms. The van der Waals surface area contributed by atoms with Crippen molar-refractivity contribution in [3.8, 4) is 10.4 Å². The predicted molar refractivity (Wildman–Crippen MR) is 192 cm³/mol. The standard InChI is InChI=1S/C33H31ClN2O6S5/c1-2-22(18-33-36(14-6-16-47(40,41)42)27-21-25(34)10-12-30(27)45-33)17-32-35(13-5-15-46(37,38)39)26-19-24(9-11-29(26)44-32)31-20-23-7-3-4-8-28(23)43-31/h3-4,7-12,17-21H,2,5-6,13-16H2,1H3,(H-,37,38,39,40,41,42)/p-1. The number of allylic oxidation sites excluding steroid dienone is 2. The number of halogens is 1. The molecular weight excluding hydrogens is 716 g/mol. The molecule has 0 aliphatic carbocycles. The maximum Gasteiger partial charge on any atom is 0.263 e. The SMILES string of the molecule is CCC(/C=C1\Sc2ccc(Cl)cc2N1CCCS(=O)(=O)[O-])=C\c1sc2ccc(-c3cc4ccccc4s3)cc2[n+]1CCCS(=O)(=O)[O-]. The largest absolute Gasteiger partial charge is 0.748 e. The zero-order valence-corrected chi connectivity index (χ0v) is 30.1. The minimum Gasteiger partial charge on any atom is -0.748 e. The molecule has 0 amide bonds. The van der Waals surface area contributed by atoms with Gasteiger partial charge in [0.15, 0.2) is 6.54 Å². The van der Waals surface area contributed by atoms with Crippen LogP contribution in [0, 0.1) is 0 Å². The summed E-state index contributed by atoms with van der Waals surface area (Å²) in [5, 5.41) is 3.53. The third kappa shape index (κ3) is 8.28. The monoisotopic (exact) mass is 745 g/mol. The Labute approximate surface area is 291 Å². The minimum absolute atomic E-state index is 0.169. The second kappa shape index (κ2) is 14.0. The summed E-state index contributed by atoms with van der Waals surface area (Å²) in [4.78, 5) is 4.10. The van der Waals surface area contributed by atoms with Crippen LogP contribution in [0.4, 0.5) is 5.69 Å². The highest BCUT2D eigenvalue weighted by molar-refractivity contribution is 8.03. The first kappa shape index (κ1) is 34.1. The minimum atomic E-state index is -4.36. The van der Waals surface area contributed by atoms with Crippen LogP contribution in [-0.4, -0.2) is 44.0 Å². The fourth-order valence-corrected chi connectivity index (χ4v) is 9.97. The summed E-state index contributed by atoms with van der Waals surface area (Å²) in [6.07, 6.45) is 5.17. The number of fused-ring (bicyclic) bond motifs is 3. The molecule has 8 nitrogen and oxygen atoms in total. The van der Waals surface area contributed by atoms with Gasteiger partial charge in [-0.3, -0.25) is 0 Å². The third-order valence-corrected chi connectivity index (χ3v) is 12.9. The average molecular weight is 746 g/mol. The zero-order valence-electron chi connectivity index (χ0n) is 25.2. The van der Waals surface area contributed by atoms with Gasteiger partial charge in [-0.25, -0.2) is 16.8 Å². The summed E-state index contributed by atoms with van der Waals surface area (Å²) < 4.78 is 72.7. The first-order chi connectivity index (χ1) is 22.4. The first-order valence-corrected chi connectivity index (χ1v) is 20.8. The van der Waals surface area contributed by atoms with Crippen LogP contribution >= 0.6 is 46.0 Å². The molecule has 0 saturated heterocycles. The van der Waals surface area contributed by atoms with E-state index in [1.807, 2.05) is 42.2 Å². The number of aromatic nitrogens is 1. The molecule has 0 radical (unpaired) electrons. The van der Waals surface area contributed by atoms with Crippen LogP contribution in [0.3, 0.4) is 0 Å². The Kier molecular flexibility index (Phi) is 10.2. The van der Waals surface area contributed by atoms with Gasteiger partial charge >= 0.3 is 0 Å². The van der Waals surface area contributed by atoms with E-state index in [0.29, 0.717) is 24.5 Å². The Hall–Kier alpha value is -2.75. The van der Waals surface area contributed by atoms with Crippen LogP contribution in [0.15, 0.2) is 88.3 Å². The van der Waals surface area contributed by atoms with E-state index in [0.717, 1.165) is 46.8 Å². The highest BCUT2D eigenvalue weighted by Gasteiger charge is 2.26. The molecule has 2 aromatic heterocycles. The smallest absolute Gasteiger partial charge is 0.263 e. The van der Waals surface area contributed by atoms with Crippen molar-refractivity contribution in [2.45, 2.75) is 37.6 Å². The molecule has 0 saturated carbocycles. The zero-order chi connectivity index (χ0) is 33.3. The van der Waals surface area contributed by atoms with Gasteiger partial charge in [0.2, 0.25) is 5.52 Å². The van der Waals surface area contributed by atoms with Crippen molar-refractivity contribution in [1.82, 2.24) is 0 Å². The van der Waals surface area contributed by atoms with E-state index in [1.165, 1.54) is 10.1 Å². The number of thiazole rings is 1. The van der Waals surface area contributed by atoms with E-state index >= 15 is 0 Å². The number of rotatable bonds is 12. The maximum atomic E-state index is 11.5. The lowest BCUT2D eigenvalue weighted by atomic mass is 10.1. The van der Waals surface area contributed by atoms with Gasteiger partial charge in [-0.15, -0.1) is 11.3 Å². The molecule has 0 N–H and O–H groups in total. The lowest BCUT2D eigenvalue weighted by Gasteiger charge is -2.21. The van der Waals surface area contributed by atoms with Crippen molar-refractivity contribution in [3.05, 3.63) is 93.4 Å².